The van der Waals surface area contributed by atoms with E-state index in [2.05, 4.69) is 4.72 Å². The third-order valence-corrected chi connectivity index (χ3v) is 3.87. The number of carbonyl (C=O) groups is 1. The first-order valence-electron chi connectivity index (χ1n) is 5.98. The molecule has 0 aromatic heterocycles. The lowest BCUT2D eigenvalue weighted by molar-refractivity contribution is 0.0435. The second-order valence-electron chi connectivity index (χ2n) is 4.01. The van der Waals surface area contributed by atoms with Gasteiger partial charge in [0.2, 0.25) is 10.0 Å². The molecule has 1 aromatic carbocycles. The number of nitrogens with one attached hydrogen (secondary N) is 1. The number of nitrogens with zero attached hydrogens (tertiary/aromatic N) is 2. The molecule has 1 aromatic rings. The lowest BCUT2D eigenvalue weighted by Gasteiger charge is -2.07. The number of carbonyl (C=O) groups excluding carboxylic acids is 1. The van der Waals surface area contributed by atoms with Gasteiger partial charge in [-0.3, -0.25) is 0 Å². The van der Waals surface area contributed by atoms with Crippen LogP contribution in [0.3, 0.4) is 0 Å². The Hall–Kier alpha value is -2.42. The van der Waals surface area contributed by atoms with Crippen LogP contribution < -0.4 is 4.72 Å². The molecule has 0 fully saturated rings. The SMILES string of the molecule is C[C@@H](C#N)OC(=O)c1ccc(S(=O)(=O)NCCC#N)cc1. The Morgan fingerprint density at radius 3 is 2.48 bits per heavy atom. The molecular formula is C13H13N3O4S. The van der Waals surface area contributed by atoms with Crippen LogP contribution in [-0.2, 0) is 14.8 Å². The van der Waals surface area contributed by atoms with Gasteiger partial charge in [-0.15, -0.1) is 0 Å². The maximum absolute atomic E-state index is 11.8. The summed E-state index contributed by atoms with van der Waals surface area (Å²) in [5, 5.41) is 16.9. The summed E-state index contributed by atoms with van der Waals surface area (Å²) in [6.07, 6.45) is -0.816. The number of benzene rings is 1. The fourth-order valence-corrected chi connectivity index (χ4v) is 2.38. The third-order valence-electron chi connectivity index (χ3n) is 2.39. The van der Waals surface area contributed by atoms with Crippen molar-refractivity contribution in [1.29, 1.82) is 10.5 Å². The van der Waals surface area contributed by atoms with Crippen LogP contribution in [0.4, 0.5) is 0 Å². The van der Waals surface area contributed by atoms with Crippen LogP contribution in [0, 0.1) is 22.7 Å². The smallest absolute Gasteiger partial charge is 0.339 e. The Balaban J connectivity index is 2.81. The van der Waals surface area contributed by atoms with Gasteiger partial charge >= 0.3 is 5.97 Å². The molecule has 8 heteroatoms. The van der Waals surface area contributed by atoms with Crippen molar-refractivity contribution < 1.29 is 17.9 Å². The van der Waals surface area contributed by atoms with Crippen LogP contribution in [0.2, 0.25) is 0 Å². The molecule has 110 valence electrons. The van der Waals surface area contributed by atoms with E-state index in [0.29, 0.717) is 0 Å². The molecule has 0 saturated carbocycles. The Labute approximate surface area is 122 Å². The van der Waals surface area contributed by atoms with E-state index < -0.39 is 22.1 Å². The molecule has 0 bridgehead atoms. The monoisotopic (exact) mass is 307 g/mol. The zero-order valence-electron chi connectivity index (χ0n) is 11.2. The quantitative estimate of drug-likeness (QED) is 0.617. The maximum atomic E-state index is 11.8. The van der Waals surface area contributed by atoms with Crippen molar-refractivity contribution in [3.05, 3.63) is 29.8 Å². The molecule has 21 heavy (non-hydrogen) atoms. The van der Waals surface area contributed by atoms with E-state index in [9.17, 15) is 13.2 Å². The van der Waals surface area contributed by atoms with Gasteiger partial charge in [0, 0.05) is 13.0 Å². The van der Waals surface area contributed by atoms with Crippen LogP contribution in [0.25, 0.3) is 0 Å². The van der Waals surface area contributed by atoms with E-state index in [4.69, 9.17) is 15.3 Å². The minimum atomic E-state index is -3.71. The topological polar surface area (TPSA) is 120 Å². The average Bonchev–Trinajstić information content (AvgIpc) is 2.47. The van der Waals surface area contributed by atoms with E-state index in [1.807, 2.05) is 6.07 Å². The highest BCUT2D eigenvalue weighted by Crippen LogP contribution is 2.12. The number of hydrogen-bond acceptors (Lipinski definition) is 6. The van der Waals surface area contributed by atoms with Gasteiger partial charge in [0.1, 0.15) is 6.07 Å². The number of esters is 1. The summed E-state index contributed by atoms with van der Waals surface area (Å²) >= 11 is 0. The minimum absolute atomic E-state index is 0.0162. The highest BCUT2D eigenvalue weighted by atomic mass is 32.2. The van der Waals surface area contributed by atoms with E-state index in [0.717, 1.165) is 0 Å². The fourth-order valence-electron chi connectivity index (χ4n) is 1.35. The number of rotatable bonds is 6. The number of hydrogen-bond donors (Lipinski definition) is 1. The molecule has 0 aliphatic carbocycles. The Kier molecular flexibility index (Phi) is 5.85. The fraction of sp³-hybridized carbons (Fsp3) is 0.308. The second kappa shape index (κ2) is 7.39. The van der Waals surface area contributed by atoms with Crippen LogP contribution >= 0.6 is 0 Å². The molecule has 1 rings (SSSR count). The Bertz CT molecular complexity index is 684. The summed E-state index contributed by atoms with van der Waals surface area (Å²) in [4.78, 5) is 11.6. The Morgan fingerprint density at radius 2 is 1.95 bits per heavy atom. The van der Waals surface area contributed by atoms with Gasteiger partial charge in [0.25, 0.3) is 0 Å². The molecule has 7 nitrogen and oxygen atoms in total. The van der Waals surface area contributed by atoms with Crippen LogP contribution in [0.1, 0.15) is 23.7 Å². The first-order chi connectivity index (χ1) is 9.90. The lowest BCUT2D eigenvalue weighted by atomic mass is 10.2. The van der Waals surface area contributed by atoms with Gasteiger partial charge in [-0.25, -0.2) is 17.9 Å². The van der Waals surface area contributed by atoms with E-state index in [1.165, 1.54) is 31.2 Å². The first-order valence-corrected chi connectivity index (χ1v) is 7.46. The standard InChI is InChI=1S/C13H13N3O4S/c1-10(9-15)20-13(17)11-3-5-12(6-4-11)21(18,19)16-8-2-7-14/h3-6,10,16H,2,8H2,1H3/t10-/m0/s1. The van der Waals surface area contributed by atoms with Crippen LogP contribution in [-0.4, -0.2) is 27.0 Å². The van der Waals surface area contributed by atoms with Crippen molar-refractivity contribution in [2.45, 2.75) is 24.3 Å². The van der Waals surface area contributed by atoms with Gasteiger partial charge in [0.05, 0.1) is 16.5 Å². The van der Waals surface area contributed by atoms with Gasteiger partial charge < -0.3 is 4.74 Å². The van der Waals surface area contributed by atoms with Crippen molar-refractivity contribution in [3.63, 3.8) is 0 Å². The van der Waals surface area contributed by atoms with E-state index >= 15 is 0 Å². The first kappa shape index (κ1) is 16.6. The summed E-state index contributed by atoms with van der Waals surface area (Å²) < 4.78 is 30.7. The highest BCUT2D eigenvalue weighted by Gasteiger charge is 2.16. The predicted molar refractivity (Wildman–Crippen MR) is 72.4 cm³/mol. The maximum Gasteiger partial charge on any atom is 0.339 e. The molecule has 0 amide bonds. The number of sulfonamides is 1. The van der Waals surface area contributed by atoms with E-state index in [1.54, 1.807) is 6.07 Å². The van der Waals surface area contributed by atoms with Crippen molar-refractivity contribution in [3.8, 4) is 12.1 Å². The van der Waals surface area contributed by atoms with Crippen LogP contribution in [0.5, 0.6) is 0 Å². The average molecular weight is 307 g/mol. The van der Waals surface area contributed by atoms with E-state index in [-0.39, 0.29) is 23.4 Å². The Morgan fingerprint density at radius 1 is 1.33 bits per heavy atom. The van der Waals surface area contributed by atoms with Crippen LogP contribution in [0.15, 0.2) is 29.2 Å². The van der Waals surface area contributed by atoms with Gasteiger partial charge in [-0.1, -0.05) is 0 Å². The lowest BCUT2D eigenvalue weighted by Crippen LogP contribution is -2.24. The second-order valence-corrected chi connectivity index (χ2v) is 5.77. The molecular weight excluding hydrogens is 294 g/mol. The van der Waals surface area contributed by atoms with Gasteiger partial charge in [-0.05, 0) is 31.2 Å². The normalized spacial score (nSPS) is 12.0. The molecule has 0 unspecified atom stereocenters. The van der Waals surface area contributed by atoms with Crippen molar-refractivity contribution >= 4 is 16.0 Å². The van der Waals surface area contributed by atoms with Crippen molar-refractivity contribution in [2.75, 3.05) is 6.54 Å². The number of ether oxygens (including phenoxy) is 1. The summed E-state index contributed by atoms with van der Waals surface area (Å²) in [6.45, 7) is 1.44. The zero-order chi connectivity index (χ0) is 15.9. The highest BCUT2D eigenvalue weighted by molar-refractivity contribution is 7.89. The predicted octanol–water partition coefficient (Wildman–Crippen LogP) is 0.947. The third kappa shape index (κ3) is 4.88. The molecule has 0 heterocycles. The summed E-state index contributed by atoms with van der Waals surface area (Å²) in [5.41, 5.74) is 0.146. The number of nitriles is 2. The minimum Gasteiger partial charge on any atom is -0.444 e. The van der Waals surface area contributed by atoms with Crippen molar-refractivity contribution in [2.24, 2.45) is 0 Å². The molecule has 0 saturated heterocycles. The largest absolute Gasteiger partial charge is 0.444 e. The molecule has 0 spiro atoms. The molecule has 0 aliphatic rings. The summed E-state index contributed by atoms with van der Waals surface area (Å²) in [7, 11) is -3.71. The molecule has 0 radical (unpaired) electrons. The molecule has 0 aliphatic heterocycles. The van der Waals surface area contributed by atoms with Crippen molar-refractivity contribution in [1.82, 2.24) is 4.72 Å². The molecule has 1 atom stereocenters. The zero-order valence-corrected chi connectivity index (χ0v) is 12.1. The summed E-state index contributed by atoms with van der Waals surface area (Å²) in [6, 6.07) is 8.68. The van der Waals surface area contributed by atoms with Gasteiger partial charge in [0.15, 0.2) is 6.10 Å². The summed E-state index contributed by atoms with van der Waals surface area (Å²) in [5.74, 6) is -0.703. The van der Waals surface area contributed by atoms with Gasteiger partial charge in [-0.2, -0.15) is 10.5 Å². The molecule has 1 N–H and O–H groups in total.